The van der Waals surface area contributed by atoms with E-state index < -0.39 is 6.04 Å². The molecule has 2 aliphatic rings. The van der Waals surface area contributed by atoms with Crippen molar-refractivity contribution in [1.82, 2.24) is 15.7 Å². The van der Waals surface area contributed by atoms with Gasteiger partial charge in [-0.05, 0) is 18.6 Å². The average molecular weight is 311 g/mol. The number of H-pyrrole nitrogens is 1. The molecular formula is C15H13N5O3. The van der Waals surface area contributed by atoms with Gasteiger partial charge in [-0.2, -0.15) is 5.10 Å². The molecule has 0 aliphatic carbocycles. The van der Waals surface area contributed by atoms with Crippen molar-refractivity contribution in [3.8, 4) is 0 Å². The minimum Gasteiger partial charge on any atom is -0.360 e. The monoisotopic (exact) mass is 311 g/mol. The molecule has 8 nitrogen and oxygen atoms in total. The molecule has 0 unspecified atom stereocenters. The van der Waals surface area contributed by atoms with Gasteiger partial charge in [0.1, 0.15) is 6.04 Å². The highest BCUT2D eigenvalue weighted by atomic mass is 16.2. The number of carbonyl (C=O) groups excluding carboxylic acids is 3. The van der Waals surface area contributed by atoms with Gasteiger partial charge in [0.2, 0.25) is 11.8 Å². The molecule has 1 saturated heterocycles. The van der Waals surface area contributed by atoms with Gasteiger partial charge < -0.3 is 15.6 Å². The predicted octanol–water partition coefficient (Wildman–Crippen LogP) is 0.462. The molecule has 1 aromatic heterocycles. The van der Waals surface area contributed by atoms with E-state index in [2.05, 4.69) is 26.1 Å². The van der Waals surface area contributed by atoms with E-state index in [9.17, 15) is 14.4 Å². The van der Waals surface area contributed by atoms with Gasteiger partial charge in [0.25, 0.3) is 5.91 Å². The van der Waals surface area contributed by atoms with Gasteiger partial charge in [-0.25, -0.2) is 5.43 Å². The van der Waals surface area contributed by atoms with Crippen molar-refractivity contribution in [1.29, 1.82) is 0 Å². The maximum atomic E-state index is 12.2. The minimum absolute atomic E-state index is 0.127. The number of carbonyl (C=O) groups is 3. The zero-order valence-electron chi connectivity index (χ0n) is 12.0. The molecule has 1 aromatic carbocycles. The molecule has 0 radical (unpaired) electrons. The summed E-state index contributed by atoms with van der Waals surface area (Å²) in [5.74, 6) is -0.757. The maximum Gasteiger partial charge on any atom is 0.272 e. The van der Waals surface area contributed by atoms with Crippen LogP contribution in [0, 0.1) is 0 Å². The van der Waals surface area contributed by atoms with Crippen molar-refractivity contribution >= 4 is 40.5 Å². The number of amides is 3. The van der Waals surface area contributed by atoms with Crippen LogP contribution in [0.15, 0.2) is 23.4 Å². The second-order valence-corrected chi connectivity index (χ2v) is 5.54. The third-order valence-corrected chi connectivity index (χ3v) is 4.00. The summed E-state index contributed by atoms with van der Waals surface area (Å²) in [5.41, 5.74) is 4.88. The molecule has 1 fully saturated rings. The number of hydrogen-bond acceptors (Lipinski definition) is 4. The summed E-state index contributed by atoms with van der Waals surface area (Å²) in [6.07, 6.45) is 4.14. The highest BCUT2D eigenvalue weighted by molar-refractivity contribution is 6.15. The minimum atomic E-state index is -0.534. The zero-order valence-corrected chi connectivity index (χ0v) is 12.0. The molecule has 1 atom stereocenters. The molecule has 2 aromatic rings. The molecule has 3 amide bonds. The number of benzene rings is 1. The van der Waals surface area contributed by atoms with Crippen LogP contribution >= 0.6 is 0 Å². The number of aromatic nitrogens is 1. The summed E-state index contributed by atoms with van der Waals surface area (Å²) < 4.78 is 0. The van der Waals surface area contributed by atoms with Gasteiger partial charge in [0, 0.05) is 34.8 Å². The lowest BCUT2D eigenvalue weighted by Gasteiger charge is -2.12. The third-order valence-electron chi connectivity index (χ3n) is 4.00. The number of nitrogens with one attached hydrogen (secondary N) is 4. The van der Waals surface area contributed by atoms with Gasteiger partial charge in [0.15, 0.2) is 0 Å². The van der Waals surface area contributed by atoms with Crippen LogP contribution < -0.4 is 16.1 Å². The summed E-state index contributed by atoms with van der Waals surface area (Å²) in [6.45, 7) is 0. The Hall–Kier alpha value is -3.16. The summed E-state index contributed by atoms with van der Waals surface area (Å²) in [5, 5.41) is 9.97. The Kier molecular flexibility index (Phi) is 2.90. The molecule has 3 heterocycles. The topological polar surface area (TPSA) is 115 Å². The van der Waals surface area contributed by atoms with E-state index in [-0.39, 0.29) is 17.7 Å². The largest absolute Gasteiger partial charge is 0.360 e. The van der Waals surface area contributed by atoms with E-state index in [4.69, 9.17) is 0 Å². The van der Waals surface area contributed by atoms with E-state index in [0.717, 1.165) is 16.5 Å². The van der Waals surface area contributed by atoms with Crippen LogP contribution in [-0.2, 0) is 9.59 Å². The smallest absolute Gasteiger partial charge is 0.272 e. The fraction of sp³-hybridized carbons (Fsp3) is 0.200. The van der Waals surface area contributed by atoms with Gasteiger partial charge in [-0.3, -0.25) is 14.4 Å². The molecule has 0 bridgehead atoms. The summed E-state index contributed by atoms with van der Waals surface area (Å²) in [7, 11) is 0. The van der Waals surface area contributed by atoms with Crippen LogP contribution in [0.3, 0.4) is 0 Å². The van der Waals surface area contributed by atoms with Crippen LogP contribution in [0.1, 0.15) is 28.8 Å². The van der Waals surface area contributed by atoms with Gasteiger partial charge in [-0.1, -0.05) is 0 Å². The highest BCUT2D eigenvalue weighted by Crippen LogP contribution is 2.27. The third kappa shape index (κ3) is 2.24. The Morgan fingerprint density at radius 1 is 1.30 bits per heavy atom. The molecular weight excluding hydrogens is 298 g/mol. The quantitative estimate of drug-likeness (QED) is 0.646. The first kappa shape index (κ1) is 13.5. The maximum absolute atomic E-state index is 12.2. The molecule has 23 heavy (non-hydrogen) atoms. The SMILES string of the molecule is O=C1CC[C@H](C(=O)Nc2cc3c4c(c[nH]c4c2)C=NNC3=O)N1. The summed E-state index contributed by atoms with van der Waals surface area (Å²) in [6, 6.07) is 2.83. The Morgan fingerprint density at radius 2 is 2.17 bits per heavy atom. The van der Waals surface area contributed by atoms with Crippen LogP contribution in [0.4, 0.5) is 5.69 Å². The van der Waals surface area contributed by atoms with E-state index in [1.165, 1.54) is 0 Å². The molecule has 8 heteroatoms. The average Bonchev–Trinajstić information content (AvgIpc) is 3.09. The van der Waals surface area contributed by atoms with Crippen LogP contribution in [0.25, 0.3) is 10.9 Å². The molecule has 0 spiro atoms. The predicted molar refractivity (Wildman–Crippen MR) is 83.2 cm³/mol. The van der Waals surface area contributed by atoms with E-state index >= 15 is 0 Å². The lowest BCUT2D eigenvalue weighted by molar-refractivity contribution is -0.122. The number of hydrazone groups is 1. The van der Waals surface area contributed by atoms with Crippen LogP contribution in [-0.4, -0.2) is 35.0 Å². The van der Waals surface area contributed by atoms with E-state index in [0.29, 0.717) is 24.1 Å². The summed E-state index contributed by atoms with van der Waals surface area (Å²) in [4.78, 5) is 38.6. The number of aromatic amines is 1. The lowest BCUT2D eigenvalue weighted by Crippen LogP contribution is -2.37. The highest BCUT2D eigenvalue weighted by Gasteiger charge is 2.27. The number of hydrogen-bond donors (Lipinski definition) is 4. The van der Waals surface area contributed by atoms with E-state index in [1.807, 2.05) is 0 Å². The zero-order chi connectivity index (χ0) is 16.0. The number of nitrogens with zero attached hydrogens (tertiary/aromatic N) is 1. The number of rotatable bonds is 2. The first-order chi connectivity index (χ1) is 11.1. The molecule has 116 valence electrons. The van der Waals surface area contributed by atoms with E-state index in [1.54, 1.807) is 24.5 Å². The second-order valence-electron chi connectivity index (χ2n) is 5.54. The fourth-order valence-electron chi connectivity index (χ4n) is 2.91. The number of anilines is 1. The summed E-state index contributed by atoms with van der Waals surface area (Å²) >= 11 is 0. The first-order valence-electron chi connectivity index (χ1n) is 7.20. The molecule has 4 rings (SSSR count). The fourth-order valence-corrected chi connectivity index (χ4v) is 2.91. The van der Waals surface area contributed by atoms with Crippen molar-refractivity contribution in [3.63, 3.8) is 0 Å². The Labute approximate surface area is 130 Å². The molecule has 0 saturated carbocycles. The van der Waals surface area contributed by atoms with Gasteiger partial charge >= 0.3 is 0 Å². The first-order valence-corrected chi connectivity index (χ1v) is 7.20. The van der Waals surface area contributed by atoms with Crippen molar-refractivity contribution in [2.45, 2.75) is 18.9 Å². The second kappa shape index (κ2) is 4.94. The Balaban J connectivity index is 1.69. The van der Waals surface area contributed by atoms with Crippen LogP contribution in [0.2, 0.25) is 0 Å². The van der Waals surface area contributed by atoms with Crippen molar-refractivity contribution in [3.05, 3.63) is 29.5 Å². The molecule has 2 aliphatic heterocycles. The van der Waals surface area contributed by atoms with Crippen molar-refractivity contribution < 1.29 is 14.4 Å². The standard InChI is InChI=1S/C15H13N5O3/c21-12-2-1-10(19-12)15(23)18-8-3-9-13-7(5-16-11(13)4-8)6-17-20-14(9)22/h3-6,10,16H,1-2H2,(H,18,23)(H,19,21)(H,20,22)/t10-/m1/s1. The van der Waals surface area contributed by atoms with Crippen molar-refractivity contribution in [2.75, 3.05) is 5.32 Å². The van der Waals surface area contributed by atoms with Crippen molar-refractivity contribution in [2.24, 2.45) is 5.10 Å². The van der Waals surface area contributed by atoms with Gasteiger partial charge in [-0.15, -0.1) is 0 Å². The molecule has 4 N–H and O–H groups in total. The van der Waals surface area contributed by atoms with Crippen LogP contribution in [0.5, 0.6) is 0 Å². The normalized spacial score (nSPS) is 19.4. The van der Waals surface area contributed by atoms with Gasteiger partial charge in [0.05, 0.1) is 11.8 Å². The Morgan fingerprint density at radius 3 is 2.96 bits per heavy atom. The lowest BCUT2D eigenvalue weighted by atomic mass is 10.0. The Bertz CT molecular complexity index is 883.